The van der Waals surface area contributed by atoms with Gasteiger partial charge in [-0.1, -0.05) is 12.1 Å². The minimum Gasteiger partial charge on any atom is -0.287 e. The van der Waals surface area contributed by atoms with Crippen molar-refractivity contribution in [3.8, 4) is 0 Å². The summed E-state index contributed by atoms with van der Waals surface area (Å²) in [5, 5.41) is 4.11. The smallest absolute Gasteiger partial charge is 0.212 e. The van der Waals surface area contributed by atoms with Crippen LogP contribution in [0.3, 0.4) is 0 Å². The largest absolute Gasteiger partial charge is 0.287 e. The Balaban J connectivity index is 2.48. The topological polar surface area (TPSA) is 34.9 Å². The maximum atomic E-state index is 12.4. The molecule has 1 aromatic carbocycles. The van der Waals surface area contributed by atoms with Crippen LogP contribution >= 0.6 is 15.9 Å². The van der Waals surface area contributed by atoms with E-state index in [2.05, 4.69) is 21.0 Å². The van der Waals surface area contributed by atoms with E-state index >= 15 is 0 Å². The Morgan fingerprint density at radius 1 is 1.41 bits per heavy atom. The van der Waals surface area contributed by atoms with Gasteiger partial charge in [0, 0.05) is 22.8 Å². The normalized spacial score (nSPS) is 10.5. The summed E-state index contributed by atoms with van der Waals surface area (Å²) in [5.41, 5.74) is 2.36. The van der Waals surface area contributed by atoms with Gasteiger partial charge in [-0.25, -0.2) is 0 Å². The minimum absolute atomic E-state index is 0.0000694. The number of nitrogens with zero attached hydrogens (tertiary/aromatic N) is 2. The van der Waals surface area contributed by atoms with E-state index in [0.717, 1.165) is 10.0 Å². The highest BCUT2D eigenvalue weighted by atomic mass is 79.9. The molecule has 1 aromatic heterocycles. The van der Waals surface area contributed by atoms with Gasteiger partial charge in [0.05, 0.1) is 0 Å². The lowest BCUT2D eigenvalue weighted by molar-refractivity contribution is 0.102. The Morgan fingerprint density at radius 3 is 2.88 bits per heavy atom. The fourth-order valence-corrected chi connectivity index (χ4v) is 2.18. The molecular formula is C13H13BrN2O. The molecule has 0 aliphatic carbocycles. The van der Waals surface area contributed by atoms with Gasteiger partial charge in [-0.05, 0) is 47.5 Å². The van der Waals surface area contributed by atoms with Gasteiger partial charge in [0.15, 0.2) is 0 Å². The molecule has 0 bridgehead atoms. The first kappa shape index (κ1) is 12.0. The van der Waals surface area contributed by atoms with Crippen LogP contribution in [-0.2, 0) is 6.54 Å². The summed E-state index contributed by atoms with van der Waals surface area (Å²) in [6.07, 6.45) is 1.65. The van der Waals surface area contributed by atoms with E-state index in [1.165, 1.54) is 0 Å². The Bertz CT molecular complexity index is 560. The molecule has 3 nitrogen and oxygen atoms in total. The van der Waals surface area contributed by atoms with Crippen molar-refractivity contribution in [3.05, 3.63) is 51.8 Å². The van der Waals surface area contributed by atoms with Crippen LogP contribution in [0.2, 0.25) is 0 Å². The van der Waals surface area contributed by atoms with Crippen LogP contribution in [-0.4, -0.2) is 15.6 Å². The summed E-state index contributed by atoms with van der Waals surface area (Å²) in [5.74, 6) is -0.0000694. The monoisotopic (exact) mass is 292 g/mol. The average molecular weight is 293 g/mol. The van der Waals surface area contributed by atoms with Crippen molar-refractivity contribution >= 4 is 21.7 Å². The molecular weight excluding hydrogens is 280 g/mol. The van der Waals surface area contributed by atoms with Gasteiger partial charge < -0.3 is 0 Å². The average Bonchev–Trinajstić information content (AvgIpc) is 2.80. The number of aromatic nitrogens is 2. The summed E-state index contributed by atoms with van der Waals surface area (Å²) in [6.45, 7) is 4.63. The third kappa shape index (κ3) is 2.17. The van der Waals surface area contributed by atoms with Crippen LogP contribution in [0.4, 0.5) is 0 Å². The molecule has 0 spiro atoms. The van der Waals surface area contributed by atoms with Gasteiger partial charge >= 0.3 is 0 Å². The number of ketones is 1. The third-order valence-corrected chi connectivity index (χ3v) is 3.74. The zero-order valence-electron chi connectivity index (χ0n) is 9.77. The summed E-state index contributed by atoms with van der Waals surface area (Å²) >= 11 is 3.46. The number of benzene rings is 1. The van der Waals surface area contributed by atoms with Gasteiger partial charge in [0.25, 0.3) is 0 Å². The van der Waals surface area contributed by atoms with Crippen molar-refractivity contribution in [1.29, 1.82) is 0 Å². The number of carbonyl (C=O) groups is 1. The number of rotatable bonds is 3. The third-order valence-electron chi connectivity index (χ3n) is 2.69. The van der Waals surface area contributed by atoms with Crippen molar-refractivity contribution in [2.75, 3.05) is 0 Å². The van der Waals surface area contributed by atoms with Crippen LogP contribution in [0.5, 0.6) is 0 Å². The first-order valence-corrected chi connectivity index (χ1v) is 6.26. The van der Waals surface area contributed by atoms with Crippen molar-refractivity contribution in [2.24, 2.45) is 0 Å². The molecule has 17 heavy (non-hydrogen) atoms. The Morgan fingerprint density at radius 2 is 2.18 bits per heavy atom. The SMILES string of the molecule is CCn1nccc1C(=O)c1cccc(C)c1Br. The molecule has 0 radical (unpaired) electrons. The number of carbonyl (C=O) groups excluding carboxylic acids is 1. The Labute approximate surface area is 109 Å². The highest BCUT2D eigenvalue weighted by Crippen LogP contribution is 2.23. The van der Waals surface area contributed by atoms with Crippen LogP contribution < -0.4 is 0 Å². The molecule has 0 fully saturated rings. The maximum absolute atomic E-state index is 12.4. The second kappa shape index (κ2) is 4.84. The summed E-state index contributed by atoms with van der Waals surface area (Å²) in [7, 11) is 0. The van der Waals surface area contributed by atoms with E-state index in [1.807, 2.05) is 32.0 Å². The van der Waals surface area contributed by atoms with Crippen LogP contribution in [0.1, 0.15) is 28.5 Å². The molecule has 0 atom stereocenters. The molecule has 0 saturated heterocycles. The lowest BCUT2D eigenvalue weighted by atomic mass is 10.1. The predicted octanol–water partition coefficient (Wildman–Crippen LogP) is 3.20. The highest BCUT2D eigenvalue weighted by Gasteiger charge is 2.16. The van der Waals surface area contributed by atoms with E-state index in [-0.39, 0.29) is 5.78 Å². The van der Waals surface area contributed by atoms with E-state index in [9.17, 15) is 4.79 Å². The quantitative estimate of drug-likeness (QED) is 0.814. The van der Waals surface area contributed by atoms with E-state index in [4.69, 9.17) is 0 Å². The van der Waals surface area contributed by atoms with Gasteiger partial charge in [-0.15, -0.1) is 0 Å². The zero-order valence-corrected chi connectivity index (χ0v) is 11.4. The molecule has 2 rings (SSSR count). The zero-order chi connectivity index (χ0) is 12.4. The highest BCUT2D eigenvalue weighted by molar-refractivity contribution is 9.10. The molecule has 2 aromatic rings. The molecule has 0 amide bonds. The second-order valence-electron chi connectivity index (χ2n) is 3.80. The number of hydrogen-bond donors (Lipinski definition) is 0. The van der Waals surface area contributed by atoms with E-state index in [0.29, 0.717) is 17.8 Å². The number of hydrogen-bond acceptors (Lipinski definition) is 2. The van der Waals surface area contributed by atoms with Crippen molar-refractivity contribution in [2.45, 2.75) is 20.4 Å². The summed E-state index contributed by atoms with van der Waals surface area (Å²) in [6, 6.07) is 7.44. The Hall–Kier alpha value is -1.42. The standard InChI is InChI=1S/C13H13BrN2O/c1-3-16-11(7-8-15-16)13(17)10-6-4-5-9(2)12(10)14/h4-8H,3H2,1-2H3. The second-order valence-corrected chi connectivity index (χ2v) is 4.59. The number of halogens is 1. The molecule has 0 aliphatic rings. The van der Waals surface area contributed by atoms with Gasteiger partial charge in [0.2, 0.25) is 5.78 Å². The molecule has 1 heterocycles. The first-order valence-electron chi connectivity index (χ1n) is 5.46. The lowest BCUT2D eigenvalue weighted by Crippen LogP contribution is -2.11. The van der Waals surface area contributed by atoms with Gasteiger partial charge in [0.1, 0.15) is 5.69 Å². The van der Waals surface area contributed by atoms with E-state index < -0.39 is 0 Å². The van der Waals surface area contributed by atoms with Crippen molar-refractivity contribution in [1.82, 2.24) is 9.78 Å². The van der Waals surface area contributed by atoms with Gasteiger partial charge in [-0.2, -0.15) is 5.10 Å². The fraction of sp³-hybridized carbons (Fsp3) is 0.231. The van der Waals surface area contributed by atoms with Crippen molar-refractivity contribution in [3.63, 3.8) is 0 Å². The molecule has 0 unspecified atom stereocenters. The fourth-order valence-electron chi connectivity index (χ4n) is 1.74. The molecule has 4 heteroatoms. The van der Waals surface area contributed by atoms with Crippen LogP contribution in [0, 0.1) is 6.92 Å². The maximum Gasteiger partial charge on any atom is 0.212 e. The first-order chi connectivity index (χ1) is 8.15. The lowest BCUT2D eigenvalue weighted by Gasteiger charge is -2.07. The van der Waals surface area contributed by atoms with Crippen LogP contribution in [0.15, 0.2) is 34.9 Å². The van der Waals surface area contributed by atoms with Gasteiger partial charge in [-0.3, -0.25) is 9.48 Å². The molecule has 0 N–H and O–H groups in total. The molecule has 88 valence electrons. The molecule has 0 aliphatic heterocycles. The summed E-state index contributed by atoms with van der Waals surface area (Å²) in [4.78, 5) is 12.4. The Kier molecular flexibility index (Phi) is 3.43. The van der Waals surface area contributed by atoms with Crippen LogP contribution in [0.25, 0.3) is 0 Å². The van der Waals surface area contributed by atoms with E-state index in [1.54, 1.807) is 16.9 Å². The molecule has 0 saturated carbocycles. The predicted molar refractivity (Wildman–Crippen MR) is 70.2 cm³/mol. The van der Waals surface area contributed by atoms with Crippen molar-refractivity contribution < 1.29 is 4.79 Å². The number of aryl methyl sites for hydroxylation is 2. The summed E-state index contributed by atoms with van der Waals surface area (Å²) < 4.78 is 2.56. The minimum atomic E-state index is -0.0000694.